The van der Waals surface area contributed by atoms with Crippen molar-refractivity contribution in [1.29, 1.82) is 0 Å². The SMILES string of the molecule is CCCCCCCCCCCCCCCCCCCCCC(=O)OC[C@@H](COP(=O)([O-])OCC[N+](C)(C)C)OC(=O)CCCCCCCCCCCCC. The fraction of sp³-hybridized carbons (Fsp3) is 0.955. The van der Waals surface area contributed by atoms with Gasteiger partial charge in [-0.05, 0) is 12.8 Å². The van der Waals surface area contributed by atoms with Crippen LogP contribution in [0, 0.1) is 0 Å². The molecule has 0 radical (unpaired) electrons. The molecule has 0 bridgehead atoms. The highest BCUT2D eigenvalue weighted by atomic mass is 31.2. The molecule has 0 saturated heterocycles. The van der Waals surface area contributed by atoms with E-state index >= 15 is 0 Å². The first-order valence-corrected chi connectivity index (χ1v) is 24.2. The van der Waals surface area contributed by atoms with Crippen LogP contribution in [0.1, 0.15) is 219 Å². The van der Waals surface area contributed by atoms with E-state index in [2.05, 4.69) is 13.8 Å². The van der Waals surface area contributed by atoms with Crippen LogP contribution in [0.4, 0.5) is 0 Å². The molecule has 1 unspecified atom stereocenters. The van der Waals surface area contributed by atoms with Crippen molar-refractivity contribution in [2.24, 2.45) is 0 Å². The van der Waals surface area contributed by atoms with Gasteiger partial charge in [-0.25, -0.2) is 0 Å². The van der Waals surface area contributed by atoms with Crippen molar-refractivity contribution >= 4 is 19.8 Å². The molecule has 0 aromatic rings. The molecule has 0 rings (SSSR count). The smallest absolute Gasteiger partial charge is 0.306 e. The molecule has 0 heterocycles. The number of hydrogen-bond acceptors (Lipinski definition) is 8. The summed E-state index contributed by atoms with van der Waals surface area (Å²) in [4.78, 5) is 37.5. The van der Waals surface area contributed by atoms with Gasteiger partial charge < -0.3 is 27.9 Å². The molecule has 10 heteroatoms. The minimum atomic E-state index is -4.61. The number of phosphoric acid groups is 1. The van der Waals surface area contributed by atoms with Crippen molar-refractivity contribution in [2.45, 2.75) is 225 Å². The highest BCUT2D eigenvalue weighted by Gasteiger charge is 2.21. The molecular formula is C44H88NO8P. The summed E-state index contributed by atoms with van der Waals surface area (Å²) in [7, 11) is 1.18. The maximum absolute atomic E-state index is 12.6. The summed E-state index contributed by atoms with van der Waals surface area (Å²) in [6, 6.07) is 0. The average Bonchev–Trinajstić information content (AvgIpc) is 3.12. The van der Waals surface area contributed by atoms with E-state index in [0.717, 1.165) is 32.1 Å². The summed E-state index contributed by atoms with van der Waals surface area (Å²) in [6.07, 6.45) is 37.0. The lowest BCUT2D eigenvalue weighted by molar-refractivity contribution is -0.870. The van der Waals surface area contributed by atoms with Gasteiger partial charge in [-0.2, -0.15) is 0 Å². The van der Waals surface area contributed by atoms with Gasteiger partial charge in [0.25, 0.3) is 7.82 Å². The molecule has 9 nitrogen and oxygen atoms in total. The standard InChI is InChI=1S/C44H88NO8P/c1-6-8-10-12-14-16-18-19-20-21-22-23-24-25-27-28-30-32-34-36-43(46)50-40-42(41-52-54(48,49)51-39-38-45(3,4)5)53-44(47)37-35-33-31-29-26-17-15-13-11-9-7-2/h42H,6-41H2,1-5H3/t42-/m0/s1. The predicted molar refractivity (Wildman–Crippen MR) is 222 cm³/mol. The number of carbonyl (C=O) groups is 2. The Morgan fingerprint density at radius 1 is 0.500 bits per heavy atom. The third kappa shape index (κ3) is 40.7. The number of likely N-dealkylation sites (N-methyl/N-ethyl adjacent to an activating group) is 1. The number of rotatable bonds is 42. The monoisotopic (exact) mass is 790 g/mol. The second kappa shape index (κ2) is 37.6. The van der Waals surface area contributed by atoms with Gasteiger partial charge in [-0.1, -0.05) is 194 Å². The van der Waals surface area contributed by atoms with Crippen molar-refractivity contribution in [2.75, 3.05) is 47.5 Å². The van der Waals surface area contributed by atoms with Crippen LogP contribution in [0.2, 0.25) is 0 Å². The number of nitrogens with zero attached hydrogens (tertiary/aromatic N) is 1. The van der Waals surface area contributed by atoms with Gasteiger partial charge in [0.05, 0.1) is 27.7 Å². The minimum absolute atomic E-state index is 0.0258. The molecule has 54 heavy (non-hydrogen) atoms. The second-order valence-electron chi connectivity index (χ2n) is 16.8. The summed E-state index contributed by atoms with van der Waals surface area (Å²) < 4.78 is 33.9. The summed E-state index contributed by atoms with van der Waals surface area (Å²) in [5, 5.41) is 0. The van der Waals surface area contributed by atoms with Gasteiger partial charge in [-0.15, -0.1) is 0 Å². The Labute approximate surface area is 334 Å². The van der Waals surface area contributed by atoms with Crippen LogP contribution in [0.15, 0.2) is 0 Å². The molecule has 0 aliphatic carbocycles. The van der Waals surface area contributed by atoms with Crippen molar-refractivity contribution in [1.82, 2.24) is 0 Å². The van der Waals surface area contributed by atoms with E-state index in [4.69, 9.17) is 18.5 Å². The highest BCUT2D eigenvalue weighted by Crippen LogP contribution is 2.38. The van der Waals surface area contributed by atoms with Crippen LogP contribution < -0.4 is 4.89 Å². The lowest BCUT2D eigenvalue weighted by atomic mass is 10.0. The first-order valence-electron chi connectivity index (χ1n) is 22.7. The number of carbonyl (C=O) groups excluding carboxylic acids is 2. The van der Waals surface area contributed by atoms with E-state index in [-0.39, 0.29) is 32.0 Å². The van der Waals surface area contributed by atoms with Gasteiger partial charge in [0, 0.05) is 12.8 Å². The van der Waals surface area contributed by atoms with E-state index in [9.17, 15) is 19.0 Å². The quantitative estimate of drug-likeness (QED) is 0.0260. The third-order valence-corrected chi connectivity index (χ3v) is 11.1. The molecule has 0 fully saturated rings. The molecule has 322 valence electrons. The van der Waals surface area contributed by atoms with Crippen molar-refractivity contribution in [3.8, 4) is 0 Å². The van der Waals surface area contributed by atoms with Crippen LogP contribution in [0.25, 0.3) is 0 Å². The molecule has 2 atom stereocenters. The third-order valence-electron chi connectivity index (χ3n) is 10.1. The summed E-state index contributed by atoms with van der Waals surface area (Å²) in [5.74, 6) is -0.820. The zero-order valence-corrected chi connectivity index (χ0v) is 37.1. The van der Waals surface area contributed by atoms with Crippen molar-refractivity contribution in [3.63, 3.8) is 0 Å². The molecule has 0 aliphatic rings. The van der Waals surface area contributed by atoms with Gasteiger partial charge in [0.2, 0.25) is 0 Å². The van der Waals surface area contributed by atoms with Crippen LogP contribution in [0.5, 0.6) is 0 Å². The number of unbranched alkanes of at least 4 members (excludes halogenated alkanes) is 28. The normalized spacial score (nSPS) is 13.5. The maximum Gasteiger partial charge on any atom is 0.306 e. The van der Waals surface area contributed by atoms with E-state index in [1.54, 1.807) is 0 Å². The number of quaternary nitrogens is 1. The van der Waals surface area contributed by atoms with E-state index in [0.29, 0.717) is 17.4 Å². The molecule has 0 saturated carbocycles. The van der Waals surface area contributed by atoms with Crippen molar-refractivity contribution < 1.29 is 42.1 Å². The Bertz CT molecular complexity index is 896. The van der Waals surface area contributed by atoms with E-state index in [1.165, 1.54) is 154 Å². The number of phosphoric ester groups is 1. The summed E-state index contributed by atoms with van der Waals surface area (Å²) >= 11 is 0. The highest BCUT2D eigenvalue weighted by molar-refractivity contribution is 7.45. The minimum Gasteiger partial charge on any atom is -0.756 e. The fourth-order valence-electron chi connectivity index (χ4n) is 6.54. The maximum atomic E-state index is 12.6. The van der Waals surface area contributed by atoms with Crippen LogP contribution in [-0.4, -0.2) is 70.0 Å². The molecule has 0 aliphatic heterocycles. The molecular weight excluding hydrogens is 701 g/mol. The Morgan fingerprint density at radius 2 is 0.833 bits per heavy atom. The number of ether oxygens (including phenoxy) is 2. The van der Waals surface area contributed by atoms with Gasteiger partial charge in [0.1, 0.15) is 19.8 Å². The first kappa shape index (κ1) is 53.0. The molecule has 0 amide bonds. The lowest BCUT2D eigenvalue weighted by Gasteiger charge is -2.28. The average molecular weight is 790 g/mol. The molecule has 0 N–H and O–H groups in total. The Morgan fingerprint density at radius 3 is 1.19 bits per heavy atom. The topological polar surface area (TPSA) is 111 Å². The van der Waals surface area contributed by atoms with Gasteiger partial charge in [0.15, 0.2) is 6.10 Å². The first-order chi connectivity index (χ1) is 26.0. The largest absolute Gasteiger partial charge is 0.756 e. The predicted octanol–water partition coefficient (Wildman–Crippen LogP) is 12.2. The molecule has 0 aromatic heterocycles. The molecule has 0 spiro atoms. The Hall–Kier alpha value is -0.990. The van der Waals surface area contributed by atoms with Gasteiger partial charge >= 0.3 is 11.9 Å². The van der Waals surface area contributed by atoms with Crippen LogP contribution in [0.3, 0.4) is 0 Å². The number of hydrogen-bond donors (Lipinski definition) is 0. The zero-order chi connectivity index (χ0) is 40.0. The summed E-state index contributed by atoms with van der Waals surface area (Å²) in [5.41, 5.74) is 0. The second-order valence-corrected chi connectivity index (χ2v) is 18.2. The van der Waals surface area contributed by atoms with Crippen LogP contribution in [-0.2, 0) is 32.7 Å². The van der Waals surface area contributed by atoms with Crippen LogP contribution >= 0.6 is 7.82 Å². The van der Waals surface area contributed by atoms with Gasteiger partial charge in [-0.3, -0.25) is 14.2 Å². The fourth-order valence-corrected chi connectivity index (χ4v) is 7.27. The van der Waals surface area contributed by atoms with Crippen molar-refractivity contribution in [3.05, 3.63) is 0 Å². The lowest BCUT2D eigenvalue weighted by Crippen LogP contribution is -2.37. The van der Waals surface area contributed by atoms with E-state index in [1.807, 2.05) is 21.1 Å². The Kier molecular flexibility index (Phi) is 36.9. The van der Waals surface area contributed by atoms with E-state index < -0.39 is 26.5 Å². The number of esters is 2. The zero-order valence-electron chi connectivity index (χ0n) is 36.2. The summed E-state index contributed by atoms with van der Waals surface area (Å²) in [6.45, 7) is 4.25. The molecule has 0 aromatic carbocycles. The Balaban J connectivity index is 4.22.